The summed E-state index contributed by atoms with van der Waals surface area (Å²) in [5, 5.41) is 2.97. The molecule has 0 fully saturated rings. The molecule has 1 N–H and O–H groups in total. The Kier molecular flexibility index (Phi) is 6.39. The number of fused-ring (bicyclic) bond motifs is 1. The highest BCUT2D eigenvalue weighted by atomic mass is 16.5. The molecule has 5 nitrogen and oxygen atoms in total. The van der Waals surface area contributed by atoms with E-state index in [1.165, 1.54) is 0 Å². The van der Waals surface area contributed by atoms with E-state index in [0.717, 1.165) is 36.2 Å². The molecule has 0 aliphatic carbocycles. The lowest BCUT2D eigenvalue weighted by molar-refractivity contribution is 0.0953. The van der Waals surface area contributed by atoms with Crippen molar-refractivity contribution in [3.63, 3.8) is 0 Å². The molecule has 0 spiro atoms. The topological polar surface area (TPSA) is 56.1 Å². The molecular formula is C21H25N3O2. The molecular weight excluding hydrogens is 326 g/mol. The highest BCUT2D eigenvalue weighted by Gasteiger charge is 2.10. The van der Waals surface area contributed by atoms with Gasteiger partial charge in [-0.3, -0.25) is 4.79 Å². The molecule has 0 unspecified atom stereocenters. The van der Waals surface area contributed by atoms with E-state index < -0.39 is 0 Å². The smallest absolute Gasteiger partial charge is 0.251 e. The summed E-state index contributed by atoms with van der Waals surface area (Å²) in [6.07, 6.45) is 1.66. The van der Waals surface area contributed by atoms with Crippen LogP contribution in [0.2, 0.25) is 0 Å². The van der Waals surface area contributed by atoms with Gasteiger partial charge in [-0.1, -0.05) is 30.3 Å². The van der Waals surface area contributed by atoms with Gasteiger partial charge in [-0.2, -0.15) is 0 Å². The fourth-order valence-electron chi connectivity index (χ4n) is 3.01. The number of amides is 1. The van der Waals surface area contributed by atoms with Crippen molar-refractivity contribution in [2.24, 2.45) is 0 Å². The zero-order chi connectivity index (χ0) is 18.2. The zero-order valence-electron chi connectivity index (χ0n) is 15.1. The van der Waals surface area contributed by atoms with Crippen LogP contribution in [0.15, 0.2) is 54.6 Å². The van der Waals surface area contributed by atoms with Crippen molar-refractivity contribution in [3.8, 4) is 0 Å². The van der Waals surface area contributed by atoms with E-state index >= 15 is 0 Å². The van der Waals surface area contributed by atoms with E-state index in [9.17, 15) is 4.79 Å². The van der Waals surface area contributed by atoms with Crippen LogP contribution >= 0.6 is 0 Å². The highest BCUT2D eigenvalue weighted by Crippen LogP contribution is 2.17. The van der Waals surface area contributed by atoms with Gasteiger partial charge in [0.15, 0.2) is 0 Å². The molecule has 136 valence electrons. The molecule has 0 saturated carbocycles. The number of aryl methyl sites for hydroxylation is 1. The third-order valence-electron chi connectivity index (χ3n) is 4.30. The minimum Gasteiger partial charge on any atom is -0.380 e. The molecule has 1 heterocycles. The second-order valence-corrected chi connectivity index (χ2v) is 6.09. The first kappa shape index (κ1) is 18.1. The number of nitrogens with one attached hydrogen (secondary N) is 1. The number of hydrogen-bond acceptors (Lipinski definition) is 3. The van der Waals surface area contributed by atoms with Crippen molar-refractivity contribution in [2.45, 2.75) is 26.3 Å². The summed E-state index contributed by atoms with van der Waals surface area (Å²) in [5.41, 5.74) is 2.83. The Bertz CT molecular complexity index is 843. The number of carbonyl (C=O) groups excluding carboxylic acids is 1. The molecule has 3 rings (SSSR count). The fourth-order valence-corrected chi connectivity index (χ4v) is 3.01. The molecule has 0 radical (unpaired) electrons. The summed E-state index contributed by atoms with van der Waals surface area (Å²) in [7, 11) is 0. The standard InChI is InChI=1S/C21H25N3O2/c1-2-26-16-15-24-19-12-7-6-11-18(19)23-20(24)13-8-14-22-21(25)17-9-4-3-5-10-17/h3-7,9-12H,2,8,13-16H2,1H3,(H,22,25). The van der Waals surface area contributed by atoms with Gasteiger partial charge in [-0.25, -0.2) is 4.98 Å². The first-order valence-corrected chi connectivity index (χ1v) is 9.14. The maximum absolute atomic E-state index is 12.1. The molecule has 2 aromatic carbocycles. The maximum Gasteiger partial charge on any atom is 0.251 e. The molecule has 0 saturated heterocycles. The predicted octanol–water partition coefficient (Wildman–Crippen LogP) is 3.44. The van der Waals surface area contributed by atoms with Crippen LogP contribution in [0.25, 0.3) is 11.0 Å². The Hall–Kier alpha value is -2.66. The first-order chi connectivity index (χ1) is 12.8. The molecule has 0 aliphatic heterocycles. The van der Waals surface area contributed by atoms with E-state index in [2.05, 4.69) is 16.0 Å². The quantitative estimate of drug-likeness (QED) is 0.601. The van der Waals surface area contributed by atoms with E-state index in [4.69, 9.17) is 9.72 Å². The third-order valence-corrected chi connectivity index (χ3v) is 4.30. The molecule has 0 atom stereocenters. The molecule has 1 aromatic heterocycles. The van der Waals surface area contributed by atoms with Crippen molar-refractivity contribution in [1.82, 2.24) is 14.9 Å². The minimum absolute atomic E-state index is 0.0320. The predicted molar refractivity (Wildman–Crippen MR) is 103 cm³/mol. The van der Waals surface area contributed by atoms with Gasteiger partial charge in [0.1, 0.15) is 5.82 Å². The van der Waals surface area contributed by atoms with E-state index in [1.54, 1.807) is 0 Å². The number of para-hydroxylation sites is 2. The first-order valence-electron chi connectivity index (χ1n) is 9.14. The normalized spacial score (nSPS) is 11.0. The Morgan fingerprint density at radius 3 is 2.69 bits per heavy atom. The number of imidazole rings is 1. The zero-order valence-corrected chi connectivity index (χ0v) is 15.1. The number of hydrogen-bond donors (Lipinski definition) is 1. The van der Waals surface area contributed by atoms with Gasteiger partial charge in [0, 0.05) is 31.7 Å². The summed E-state index contributed by atoms with van der Waals surface area (Å²) >= 11 is 0. The maximum atomic E-state index is 12.1. The number of aromatic nitrogens is 2. The van der Waals surface area contributed by atoms with Crippen LogP contribution in [0.1, 0.15) is 29.5 Å². The van der Waals surface area contributed by atoms with Crippen molar-refractivity contribution in [1.29, 1.82) is 0 Å². The summed E-state index contributed by atoms with van der Waals surface area (Å²) in [5.74, 6) is 1.01. The van der Waals surface area contributed by atoms with Crippen LogP contribution in [-0.4, -0.2) is 35.2 Å². The van der Waals surface area contributed by atoms with Crippen LogP contribution in [0.3, 0.4) is 0 Å². The summed E-state index contributed by atoms with van der Waals surface area (Å²) in [4.78, 5) is 16.9. The van der Waals surface area contributed by atoms with Gasteiger partial charge in [0.25, 0.3) is 5.91 Å². The van der Waals surface area contributed by atoms with Crippen LogP contribution in [0, 0.1) is 0 Å². The van der Waals surface area contributed by atoms with Gasteiger partial charge < -0.3 is 14.6 Å². The highest BCUT2D eigenvalue weighted by molar-refractivity contribution is 5.94. The van der Waals surface area contributed by atoms with Crippen molar-refractivity contribution >= 4 is 16.9 Å². The number of carbonyl (C=O) groups is 1. The fraction of sp³-hybridized carbons (Fsp3) is 0.333. The number of benzene rings is 2. The summed E-state index contributed by atoms with van der Waals surface area (Å²) < 4.78 is 7.74. The Balaban J connectivity index is 1.59. The summed E-state index contributed by atoms with van der Waals surface area (Å²) in [6, 6.07) is 17.5. The number of ether oxygens (including phenoxy) is 1. The van der Waals surface area contributed by atoms with Crippen molar-refractivity contribution in [3.05, 3.63) is 66.0 Å². The molecule has 26 heavy (non-hydrogen) atoms. The number of rotatable bonds is 9. The Labute approximate surface area is 154 Å². The van der Waals surface area contributed by atoms with Crippen LogP contribution < -0.4 is 5.32 Å². The van der Waals surface area contributed by atoms with Gasteiger partial charge in [0.05, 0.1) is 17.6 Å². The van der Waals surface area contributed by atoms with Crippen LogP contribution in [0.4, 0.5) is 0 Å². The lowest BCUT2D eigenvalue weighted by atomic mass is 10.2. The van der Waals surface area contributed by atoms with Crippen molar-refractivity contribution in [2.75, 3.05) is 19.8 Å². The largest absolute Gasteiger partial charge is 0.380 e. The monoisotopic (exact) mass is 351 g/mol. The van der Waals surface area contributed by atoms with E-state index in [1.807, 2.05) is 55.5 Å². The SMILES string of the molecule is CCOCCn1c(CCCNC(=O)c2ccccc2)nc2ccccc21. The van der Waals surface area contributed by atoms with Gasteiger partial charge in [-0.15, -0.1) is 0 Å². The molecule has 1 amide bonds. The van der Waals surface area contributed by atoms with E-state index in [0.29, 0.717) is 25.3 Å². The van der Waals surface area contributed by atoms with Crippen LogP contribution in [0.5, 0.6) is 0 Å². The second kappa shape index (κ2) is 9.15. The summed E-state index contributed by atoms with van der Waals surface area (Å²) in [6.45, 7) is 4.81. The lowest BCUT2D eigenvalue weighted by Gasteiger charge is -2.10. The average molecular weight is 351 g/mol. The third kappa shape index (κ3) is 4.49. The van der Waals surface area contributed by atoms with Gasteiger partial charge >= 0.3 is 0 Å². The second-order valence-electron chi connectivity index (χ2n) is 6.09. The Morgan fingerprint density at radius 2 is 1.88 bits per heavy atom. The lowest BCUT2D eigenvalue weighted by Crippen LogP contribution is -2.25. The molecule has 0 aliphatic rings. The minimum atomic E-state index is -0.0320. The average Bonchev–Trinajstić information content (AvgIpc) is 3.03. The molecule has 0 bridgehead atoms. The Morgan fingerprint density at radius 1 is 1.12 bits per heavy atom. The van der Waals surface area contributed by atoms with E-state index in [-0.39, 0.29) is 5.91 Å². The van der Waals surface area contributed by atoms with Gasteiger partial charge in [0.2, 0.25) is 0 Å². The molecule has 3 aromatic rings. The number of nitrogens with zero attached hydrogens (tertiary/aromatic N) is 2. The van der Waals surface area contributed by atoms with Gasteiger partial charge in [-0.05, 0) is 37.6 Å². The van der Waals surface area contributed by atoms with Crippen LogP contribution in [-0.2, 0) is 17.7 Å². The molecule has 5 heteroatoms. The van der Waals surface area contributed by atoms with Crippen molar-refractivity contribution < 1.29 is 9.53 Å².